The molecule has 1 saturated carbocycles. The van der Waals surface area contributed by atoms with Crippen molar-refractivity contribution in [3.05, 3.63) is 64.7 Å². The number of fused-ring (bicyclic) bond motifs is 1. The number of halogens is 1. The van der Waals surface area contributed by atoms with Gasteiger partial charge in [-0.25, -0.2) is 4.79 Å². The fourth-order valence-corrected chi connectivity index (χ4v) is 5.67. The molecule has 0 aromatic heterocycles. The number of carbonyl (C=O) groups excluding carboxylic acids is 3. The van der Waals surface area contributed by atoms with Crippen LogP contribution in [0, 0.1) is 5.92 Å². The van der Waals surface area contributed by atoms with Gasteiger partial charge in [-0.3, -0.25) is 9.59 Å². The number of benzene rings is 2. The van der Waals surface area contributed by atoms with E-state index in [1.807, 2.05) is 24.3 Å². The van der Waals surface area contributed by atoms with Crippen LogP contribution in [0.2, 0.25) is 5.02 Å². The largest absolute Gasteiger partial charge is 0.491 e. The van der Waals surface area contributed by atoms with Crippen LogP contribution in [0.15, 0.2) is 48.5 Å². The molecule has 4 N–H and O–H groups in total. The maximum Gasteiger partial charge on any atom is 0.408 e. The lowest BCUT2D eigenvalue weighted by atomic mass is 9.84. The van der Waals surface area contributed by atoms with Gasteiger partial charge >= 0.3 is 6.09 Å². The molecule has 1 fully saturated rings. The summed E-state index contributed by atoms with van der Waals surface area (Å²) in [5.74, 6) is 0.0634. The van der Waals surface area contributed by atoms with Gasteiger partial charge in [-0.1, -0.05) is 74.0 Å². The summed E-state index contributed by atoms with van der Waals surface area (Å²) in [6.07, 6.45) is 4.37. The first kappa shape index (κ1) is 31.6. The Balaban J connectivity index is 1.35. The molecule has 0 radical (unpaired) electrons. The fourth-order valence-electron chi connectivity index (χ4n) is 5.46. The summed E-state index contributed by atoms with van der Waals surface area (Å²) in [7, 11) is 0. The number of nitrogens with zero attached hydrogens (tertiary/aromatic N) is 1. The van der Waals surface area contributed by atoms with E-state index in [1.54, 1.807) is 29.2 Å². The van der Waals surface area contributed by atoms with E-state index in [2.05, 4.69) is 10.6 Å². The van der Waals surface area contributed by atoms with Crippen molar-refractivity contribution in [1.29, 1.82) is 0 Å². The second-order valence-electron chi connectivity index (χ2n) is 11.1. The molecule has 1 heterocycles. The van der Waals surface area contributed by atoms with Crippen LogP contribution in [0.25, 0.3) is 0 Å². The zero-order valence-electron chi connectivity index (χ0n) is 23.7. The lowest BCUT2D eigenvalue weighted by Crippen LogP contribution is -2.58. The van der Waals surface area contributed by atoms with Gasteiger partial charge < -0.3 is 35.2 Å². The number of carbonyl (C=O) groups is 3. The van der Waals surface area contributed by atoms with Crippen molar-refractivity contribution in [2.75, 3.05) is 19.8 Å². The Labute approximate surface area is 251 Å². The van der Waals surface area contributed by atoms with Crippen molar-refractivity contribution in [1.82, 2.24) is 15.5 Å². The number of hydrogen-bond donors (Lipinski definition) is 4. The Morgan fingerprint density at radius 3 is 2.67 bits per heavy atom. The number of amides is 3. The number of rotatable bonds is 11. The summed E-state index contributed by atoms with van der Waals surface area (Å²) >= 11 is 6.00. The van der Waals surface area contributed by atoms with Gasteiger partial charge in [0.15, 0.2) is 5.72 Å². The van der Waals surface area contributed by atoms with Gasteiger partial charge in [0.05, 0.1) is 13.2 Å². The molecule has 1 unspecified atom stereocenters. The second kappa shape index (κ2) is 15.2. The number of aliphatic hydroxyl groups excluding tert-OH is 1. The van der Waals surface area contributed by atoms with E-state index in [9.17, 15) is 24.6 Å². The van der Waals surface area contributed by atoms with Crippen LogP contribution in [0.4, 0.5) is 4.79 Å². The van der Waals surface area contributed by atoms with Crippen molar-refractivity contribution in [2.24, 2.45) is 5.92 Å². The summed E-state index contributed by atoms with van der Waals surface area (Å²) < 4.78 is 11.1. The Kier molecular flexibility index (Phi) is 11.5. The number of alkyl carbamates (subject to hydrolysis) is 1. The van der Waals surface area contributed by atoms with Crippen LogP contribution in [-0.4, -0.2) is 64.5 Å². The first-order valence-corrected chi connectivity index (χ1v) is 14.9. The molecule has 0 saturated heterocycles. The summed E-state index contributed by atoms with van der Waals surface area (Å²) in [5.41, 5.74) is -0.470. The van der Waals surface area contributed by atoms with Crippen molar-refractivity contribution < 1.29 is 34.1 Å². The third-order valence-electron chi connectivity index (χ3n) is 7.84. The second-order valence-corrected chi connectivity index (χ2v) is 11.5. The first-order valence-electron chi connectivity index (χ1n) is 14.6. The fraction of sp³-hybridized carbons (Fsp3) is 0.516. The van der Waals surface area contributed by atoms with E-state index in [0.29, 0.717) is 36.7 Å². The Morgan fingerprint density at radius 2 is 1.90 bits per heavy atom. The summed E-state index contributed by atoms with van der Waals surface area (Å²) in [5, 5.41) is 26.7. The zero-order valence-corrected chi connectivity index (χ0v) is 24.5. The minimum absolute atomic E-state index is 0.0289. The molecule has 2 aromatic rings. The van der Waals surface area contributed by atoms with Gasteiger partial charge in [0.25, 0.3) is 0 Å². The average molecular weight is 602 g/mol. The predicted molar refractivity (Wildman–Crippen MR) is 157 cm³/mol. The van der Waals surface area contributed by atoms with Crippen molar-refractivity contribution in [3.8, 4) is 5.75 Å². The highest BCUT2D eigenvalue weighted by Gasteiger charge is 2.35. The molecule has 42 heavy (non-hydrogen) atoms. The quantitative estimate of drug-likeness (QED) is 0.287. The zero-order chi connectivity index (χ0) is 30.0. The van der Waals surface area contributed by atoms with Crippen LogP contribution in [0.5, 0.6) is 5.75 Å². The van der Waals surface area contributed by atoms with Crippen LogP contribution in [0.3, 0.4) is 0 Å². The molecule has 0 bridgehead atoms. The van der Waals surface area contributed by atoms with E-state index in [1.165, 1.54) is 0 Å². The third kappa shape index (κ3) is 9.34. The number of hydrogen-bond acceptors (Lipinski definition) is 7. The highest BCUT2D eigenvalue weighted by molar-refractivity contribution is 6.30. The predicted octanol–water partition coefficient (Wildman–Crippen LogP) is 3.90. The molecule has 2 aliphatic rings. The van der Waals surface area contributed by atoms with Crippen molar-refractivity contribution in [3.63, 3.8) is 0 Å². The molecule has 2 aromatic carbocycles. The van der Waals surface area contributed by atoms with E-state index in [-0.39, 0.29) is 31.3 Å². The van der Waals surface area contributed by atoms with Crippen LogP contribution < -0.4 is 15.4 Å². The van der Waals surface area contributed by atoms with Gasteiger partial charge in [-0.15, -0.1) is 0 Å². The molecule has 4 rings (SSSR count). The number of ether oxygens (including phenoxy) is 2. The molecule has 2 atom stereocenters. The van der Waals surface area contributed by atoms with E-state index < -0.39 is 30.4 Å². The number of para-hydroxylation sites is 1. The van der Waals surface area contributed by atoms with Crippen LogP contribution in [0.1, 0.15) is 62.5 Å². The standard InChI is InChI=1S/C31H40ClN3O7/c32-25-11-6-9-23(17-25)20-42-30(39)33-26(18-22-7-2-1-3-8-22)29(38)34-31(40,21-36)14-13-28(37)35-15-16-41-27-12-5-4-10-24(27)19-35/h4-6,9-12,17,22,26,36,40H,1-3,7-8,13-16,18-21H2,(H,33,39)(H,34,38)/t26-,31?/m0/s1. The van der Waals surface area contributed by atoms with Gasteiger partial charge in [0.1, 0.15) is 25.0 Å². The molecule has 11 heteroatoms. The summed E-state index contributed by atoms with van der Waals surface area (Å²) in [6.45, 7) is 0.254. The monoisotopic (exact) mass is 601 g/mol. The summed E-state index contributed by atoms with van der Waals surface area (Å²) in [4.78, 5) is 40.8. The first-order chi connectivity index (χ1) is 20.2. The van der Waals surface area contributed by atoms with Crippen LogP contribution in [-0.2, 0) is 27.5 Å². The van der Waals surface area contributed by atoms with E-state index >= 15 is 0 Å². The van der Waals surface area contributed by atoms with Gasteiger partial charge in [0.2, 0.25) is 11.8 Å². The number of aliphatic hydroxyl groups is 2. The maximum atomic E-state index is 13.4. The molecule has 1 aliphatic carbocycles. The highest BCUT2D eigenvalue weighted by Crippen LogP contribution is 2.28. The molecule has 228 valence electrons. The lowest BCUT2D eigenvalue weighted by Gasteiger charge is -2.32. The molecule has 1 aliphatic heterocycles. The SMILES string of the molecule is O=C(N[C@@H](CC1CCCCC1)C(=O)NC(O)(CO)CCC(=O)N1CCOc2ccccc2C1)OCc1cccc(Cl)c1. The third-order valence-corrected chi connectivity index (χ3v) is 8.07. The maximum absolute atomic E-state index is 13.4. The number of nitrogens with one attached hydrogen (secondary N) is 2. The topological polar surface area (TPSA) is 137 Å². The highest BCUT2D eigenvalue weighted by atomic mass is 35.5. The normalized spacial score (nSPS) is 17.5. The van der Waals surface area contributed by atoms with Gasteiger partial charge in [-0.2, -0.15) is 0 Å². The smallest absolute Gasteiger partial charge is 0.408 e. The summed E-state index contributed by atoms with van der Waals surface area (Å²) in [6, 6.07) is 13.4. The Hall–Kier alpha value is -3.34. The van der Waals surface area contributed by atoms with Crippen LogP contribution >= 0.6 is 11.6 Å². The average Bonchev–Trinajstić information content (AvgIpc) is 3.22. The Morgan fingerprint density at radius 1 is 1.12 bits per heavy atom. The van der Waals surface area contributed by atoms with E-state index in [4.69, 9.17) is 21.1 Å². The molecular formula is C31H40ClN3O7. The molecule has 0 spiro atoms. The van der Waals surface area contributed by atoms with Crippen molar-refractivity contribution >= 4 is 29.5 Å². The molecule has 10 nitrogen and oxygen atoms in total. The van der Waals surface area contributed by atoms with E-state index in [0.717, 1.165) is 43.4 Å². The molecule has 3 amide bonds. The minimum atomic E-state index is -2.05. The lowest BCUT2D eigenvalue weighted by molar-refractivity contribution is -0.140. The van der Waals surface area contributed by atoms with Crippen molar-refractivity contribution in [2.45, 2.75) is 76.3 Å². The minimum Gasteiger partial charge on any atom is -0.491 e. The van der Waals surface area contributed by atoms with Gasteiger partial charge in [0, 0.05) is 30.0 Å². The molecular weight excluding hydrogens is 562 g/mol. The Bertz CT molecular complexity index is 1220. The van der Waals surface area contributed by atoms with Gasteiger partial charge in [-0.05, 0) is 36.1 Å².